The molecule has 1 amide bonds. The van der Waals surface area contributed by atoms with Crippen LogP contribution in [0.4, 0.5) is 0 Å². The molecule has 1 rings (SSSR count). The van der Waals surface area contributed by atoms with Crippen LogP contribution >= 0.6 is 0 Å². The predicted octanol–water partition coefficient (Wildman–Crippen LogP) is 1.15. The lowest BCUT2D eigenvalue weighted by molar-refractivity contribution is -0.130. The van der Waals surface area contributed by atoms with E-state index in [4.69, 9.17) is 5.73 Å². The number of hydrogen-bond acceptors (Lipinski definition) is 2. The van der Waals surface area contributed by atoms with E-state index in [0.717, 1.165) is 25.8 Å². The van der Waals surface area contributed by atoms with Gasteiger partial charge in [0, 0.05) is 20.9 Å². The van der Waals surface area contributed by atoms with Crippen molar-refractivity contribution in [2.24, 2.45) is 5.73 Å². The fraction of sp³-hybridized carbons (Fsp3) is 0.700. The zero-order valence-electron chi connectivity index (χ0n) is 8.20. The SMILES string of the molecule is CC(=O)N1CC=CCC1CCCN.[HH]. The molecule has 0 spiro atoms. The van der Waals surface area contributed by atoms with Crippen LogP contribution < -0.4 is 5.73 Å². The van der Waals surface area contributed by atoms with E-state index >= 15 is 0 Å². The Morgan fingerprint density at radius 1 is 1.69 bits per heavy atom. The highest BCUT2D eigenvalue weighted by Gasteiger charge is 2.20. The third-order valence-corrected chi connectivity index (χ3v) is 2.46. The molecule has 0 aromatic carbocycles. The molecule has 0 saturated carbocycles. The summed E-state index contributed by atoms with van der Waals surface area (Å²) in [5.41, 5.74) is 5.45. The van der Waals surface area contributed by atoms with E-state index in [9.17, 15) is 4.79 Å². The molecule has 0 fully saturated rings. The van der Waals surface area contributed by atoms with E-state index in [1.54, 1.807) is 6.92 Å². The molecule has 0 radical (unpaired) electrons. The summed E-state index contributed by atoms with van der Waals surface area (Å²) in [6, 6.07) is 0.381. The first-order valence-corrected chi connectivity index (χ1v) is 4.88. The minimum atomic E-state index is 0. The highest BCUT2D eigenvalue weighted by atomic mass is 16.2. The summed E-state index contributed by atoms with van der Waals surface area (Å²) in [6.45, 7) is 3.12. The topological polar surface area (TPSA) is 46.3 Å². The third-order valence-electron chi connectivity index (χ3n) is 2.46. The van der Waals surface area contributed by atoms with Gasteiger partial charge in [-0.2, -0.15) is 0 Å². The second-order valence-corrected chi connectivity index (χ2v) is 3.46. The lowest BCUT2D eigenvalue weighted by Crippen LogP contribution is -2.40. The average Bonchev–Trinajstić information content (AvgIpc) is 2.15. The van der Waals surface area contributed by atoms with E-state index in [-0.39, 0.29) is 7.33 Å². The van der Waals surface area contributed by atoms with E-state index < -0.39 is 0 Å². The van der Waals surface area contributed by atoms with Gasteiger partial charge in [0.15, 0.2) is 0 Å². The van der Waals surface area contributed by atoms with E-state index in [1.807, 2.05) is 4.90 Å². The fourth-order valence-electron chi connectivity index (χ4n) is 1.73. The van der Waals surface area contributed by atoms with Gasteiger partial charge in [-0.05, 0) is 25.8 Å². The van der Waals surface area contributed by atoms with Crippen molar-refractivity contribution in [1.29, 1.82) is 0 Å². The van der Waals surface area contributed by atoms with Gasteiger partial charge in [-0.1, -0.05) is 12.2 Å². The number of nitrogens with two attached hydrogens (primary N) is 1. The molecular formula is C10H20N2O. The molecule has 1 atom stereocenters. The molecule has 1 unspecified atom stereocenters. The van der Waals surface area contributed by atoms with Gasteiger partial charge in [-0.3, -0.25) is 4.79 Å². The first-order chi connectivity index (χ1) is 6.25. The highest BCUT2D eigenvalue weighted by molar-refractivity contribution is 5.74. The first-order valence-electron chi connectivity index (χ1n) is 4.88. The Morgan fingerprint density at radius 2 is 2.46 bits per heavy atom. The van der Waals surface area contributed by atoms with Crippen LogP contribution in [0.25, 0.3) is 0 Å². The Balaban J connectivity index is 0.00000169. The molecule has 0 aliphatic carbocycles. The number of amides is 1. The Labute approximate surface area is 81.1 Å². The summed E-state index contributed by atoms with van der Waals surface area (Å²) < 4.78 is 0. The van der Waals surface area contributed by atoms with Crippen molar-refractivity contribution < 1.29 is 6.22 Å². The Morgan fingerprint density at radius 3 is 3.08 bits per heavy atom. The number of nitrogens with zero attached hydrogens (tertiary/aromatic N) is 1. The molecule has 0 saturated heterocycles. The quantitative estimate of drug-likeness (QED) is 0.669. The average molecular weight is 184 g/mol. The van der Waals surface area contributed by atoms with Crippen molar-refractivity contribution in [3.63, 3.8) is 0 Å². The smallest absolute Gasteiger partial charge is 0.219 e. The summed E-state index contributed by atoms with van der Waals surface area (Å²) in [5.74, 6) is 0.173. The maximum absolute atomic E-state index is 11.2. The van der Waals surface area contributed by atoms with Gasteiger partial charge in [0.1, 0.15) is 0 Å². The molecule has 0 bridgehead atoms. The van der Waals surface area contributed by atoms with Crippen molar-refractivity contribution in [2.75, 3.05) is 13.1 Å². The lowest BCUT2D eigenvalue weighted by atomic mass is 10.0. The molecule has 1 heterocycles. The third kappa shape index (κ3) is 2.84. The second kappa shape index (κ2) is 5.02. The fourth-order valence-corrected chi connectivity index (χ4v) is 1.73. The maximum atomic E-state index is 11.2. The largest absolute Gasteiger partial charge is 0.336 e. The Hall–Kier alpha value is -0.830. The number of rotatable bonds is 3. The standard InChI is InChI=1S/C10H18N2O.H2/c1-9(13)12-8-3-2-5-10(12)6-4-7-11;/h2-3,10H,4-8,11H2,1H3;1H. The summed E-state index contributed by atoms with van der Waals surface area (Å²) in [5, 5.41) is 0. The van der Waals surface area contributed by atoms with Crippen LogP contribution in [-0.2, 0) is 4.79 Å². The molecule has 3 heteroatoms. The Bertz CT molecular complexity index is 206. The van der Waals surface area contributed by atoms with Crippen molar-refractivity contribution in [2.45, 2.75) is 32.2 Å². The zero-order chi connectivity index (χ0) is 9.68. The zero-order valence-corrected chi connectivity index (χ0v) is 8.20. The van der Waals surface area contributed by atoms with Crippen molar-refractivity contribution in [3.05, 3.63) is 12.2 Å². The molecular weight excluding hydrogens is 164 g/mol. The summed E-state index contributed by atoms with van der Waals surface area (Å²) in [7, 11) is 0. The predicted molar refractivity (Wildman–Crippen MR) is 55.3 cm³/mol. The van der Waals surface area contributed by atoms with Gasteiger partial charge in [0.25, 0.3) is 0 Å². The number of carbonyl (C=O) groups is 1. The van der Waals surface area contributed by atoms with Gasteiger partial charge in [-0.15, -0.1) is 0 Å². The van der Waals surface area contributed by atoms with Gasteiger partial charge in [0.2, 0.25) is 5.91 Å². The van der Waals surface area contributed by atoms with E-state index in [0.29, 0.717) is 12.6 Å². The van der Waals surface area contributed by atoms with Crippen molar-refractivity contribution in [1.82, 2.24) is 4.90 Å². The second-order valence-electron chi connectivity index (χ2n) is 3.46. The lowest BCUT2D eigenvalue weighted by Gasteiger charge is -2.32. The molecule has 0 aromatic rings. The van der Waals surface area contributed by atoms with Gasteiger partial charge in [0.05, 0.1) is 0 Å². The Kier molecular flexibility index (Phi) is 3.96. The minimum absolute atomic E-state index is 0. The van der Waals surface area contributed by atoms with Gasteiger partial charge in [-0.25, -0.2) is 0 Å². The molecule has 76 valence electrons. The van der Waals surface area contributed by atoms with Crippen LogP contribution in [0.3, 0.4) is 0 Å². The highest BCUT2D eigenvalue weighted by Crippen LogP contribution is 2.15. The van der Waals surface area contributed by atoms with E-state index in [2.05, 4.69) is 12.2 Å². The molecule has 13 heavy (non-hydrogen) atoms. The summed E-state index contributed by atoms with van der Waals surface area (Å²) >= 11 is 0. The van der Waals surface area contributed by atoms with Crippen molar-refractivity contribution in [3.8, 4) is 0 Å². The van der Waals surface area contributed by atoms with Crippen LogP contribution in [0.5, 0.6) is 0 Å². The summed E-state index contributed by atoms with van der Waals surface area (Å²) in [4.78, 5) is 13.2. The van der Waals surface area contributed by atoms with Crippen LogP contribution in [0.2, 0.25) is 0 Å². The van der Waals surface area contributed by atoms with E-state index in [1.165, 1.54) is 0 Å². The van der Waals surface area contributed by atoms with Gasteiger partial charge < -0.3 is 10.6 Å². The van der Waals surface area contributed by atoms with Crippen LogP contribution in [-0.4, -0.2) is 29.9 Å². The van der Waals surface area contributed by atoms with Crippen molar-refractivity contribution >= 4 is 5.91 Å². The van der Waals surface area contributed by atoms with Crippen LogP contribution in [0.15, 0.2) is 12.2 Å². The van der Waals surface area contributed by atoms with Crippen LogP contribution in [0.1, 0.15) is 27.6 Å². The number of carbonyl (C=O) groups excluding carboxylic acids is 1. The molecule has 0 aromatic heterocycles. The minimum Gasteiger partial charge on any atom is -0.336 e. The number of hydrogen-bond donors (Lipinski definition) is 1. The maximum Gasteiger partial charge on any atom is 0.219 e. The summed E-state index contributed by atoms with van der Waals surface area (Å²) in [6.07, 6.45) is 7.23. The first kappa shape index (κ1) is 10.3. The normalized spacial score (nSPS) is 22.0. The monoisotopic (exact) mass is 184 g/mol. The molecule has 3 nitrogen and oxygen atoms in total. The molecule has 1 aliphatic heterocycles. The molecule has 1 aliphatic rings. The van der Waals surface area contributed by atoms with Gasteiger partial charge >= 0.3 is 0 Å². The van der Waals surface area contributed by atoms with Crippen LogP contribution in [0, 0.1) is 0 Å². The molecule has 2 N–H and O–H groups in total.